The van der Waals surface area contributed by atoms with Crippen LogP contribution >= 0.6 is 11.6 Å². The van der Waals surface area contributed by atoms with Crippen LogP contribution in [-0.2, 0) is 20.9 Å². The molecular formula is C25H35ClN4O6. The molecule has 1 aliphatic heterocycles. The highest BCUT2D eigenvalue weighted by Crippen LogP contribution is 2.41. The lowest BCUT2D eigenvalue weighted by Crippen LogP contribution is -2.54. The molecular weight excluding hydrogens is 488 g/mol. The maximum Gasteiger partial charge on any atom is 0.513 e. The fourth-order valence-electron chi connectivity index (χ4n) is 3.50. The molecule has 2 heterocycles. The number of ether oxygens (including phenoxy) is 3. The van der Waals surface area contributed by atoms with Gasteiger partial charge < -0.3 is 14.2 Å². The van der Waals surface area contributed by atoms with E-state index in [0.29, 0.717) is 36.1 Å². The molecule has 0 saturated heterocycles. The first-order valence-corrected chi connectivity index (χ1v) is 12.3. The molecule has 1 aromatic carbocycles. The number of unbranched alkanes of at least 4 members (excludes halogenated alkanes) is 2. The number of nitrogens with zero attached hydrogens (tertiary/aromatic N) is 3. The number of aromatic nitrogens is 1. The maximum atomic E-state index is 12.3. The van der Waals surface area contributed by atoms with E-state index in [0.717, 1.165) is 34.8 Å². The Balaban J connectivity index is 1.39. The summed E-state index contributed by atoms with van der Waals surface area (Å²) in [5, 5.41) is 12.9. The van der Waals surface area contributed by atoms with Crippen LogP contribution in [0.1, 0.15) is 68.5 Å². The summed E-state index contributed by atoms with van der Waals surface area (Å²) in [6.45, 7) is 8.55. The Kier molecular flexibility index (Phi) is 10.0. The number of rotatable bonds is 11. The Labute approximate surface area is 216 Å². The molecule has 2 N–H and O–H groups in total. The normalized spacial score (nSPS) is 15.4. The van der Waals surface area contributed by atoms with E-state index in [1.807, 2.05) is 45.0 Å². The summed E-state index contributed by atoms with van der Waals surface area (Å²) in [5.41, 5.74) is 5.37. The smallest absolute Gasteiger partial charge is 0.434 e. The van der Waals surface area contributed by atoms with E-state index in [4.69, 9.17) is 30.6 Å². The predicted octanol–water partition coefficient (Wildman–Crippen LogP) is 5.12. The van der Waals surface area contributed by atoms with E-state index in [2.05, 4.69) is 10.6 Å². The third-order valence-electron chi connectivity index (χ3n) is 5.90. The molecule has 1 aromatic heterocycles. The number of hydrazine groups is 2. The van der Waals surface area contributed by atoms with E-state index < -0.39 is 6.16 Å². The van der Waals surface area contributed by atoms with Gasteiger partial charge in [-0.1, -0.05) is 29.3 Å². The van der Waals surface area contributed by atoms with E-state index in [1.54, 1.807) is 25.2 Å². The molecule has 3 rings (SSSR count). The molecule has 1 aliphatic rings. The van der Waals surface area contributed by atoms with Crippen LogP contribution in [-0.4, -0.2) is 52.4 Å². The first-order chi connectivity index (χ1) is 17.1. The second kappa shape index (κ2) is 12.8. The van der Waals surface area contributed by atoms with Crippen molar-refractivity contribution in [1.82, 2.24) is 20.9 Å². The molecule has 0 saturated carbocycles. The third kappa shape index (κ3) is 7.59. The lowest BCUT2D eigenvalue weighted by molar-refractivity contribution is -0.356. The first-order valence-electron chi connectivity index (χ1n) is 11.9. The molecule has 10 nitrogen and oxygen atoms in total. The number of carbonyl (C=O) groups is 1. The summed E-state index contributed by atoms with van der Waals surface area (Å²) < 4.78 is 16.7. The number of nitrogens with one attached hydrogen (secondary N) is 1. The number of fused-ring (bicyclic) bond motifs is 1. The van der Waals surface area contributed by atoms with Gasteiger partial charge in [0.1, 0.15) is 6.10 Å². The molecule has 1 atom stereocenters. The van der Waals surface area contributed by atoms with Crippen LogP contribution < -0.4 is 10.3 Å². The van der Waals surface area contributed by atoms with Gasteiger partial charge in [-0.25, -0.2) is 4.79 Å². The topological polar surface area (TPSA) is 106 Å². The Morgan fingerprint density at radius 3 is 2.61 bits per heavy atom. The van der Waals surface area contributed by atoms with Gasteiger partial charge in [-0.3, -0.25) is 15.0 Å². The van der Waals surface area contributed by atoms with E-state index in [1.165, 1.54) is 0 Å². The van der Waals surface area contributed by atoms with Gasteiger partial charge in [0.05, 0.1) is 25.5 Å². The number of benzene rings is 1. The summed E-state index contributed by atoms with van der Waals surface area (Å²) >= 11 is 5.99. The molecule has 0 spiro atoms. The highest BCUT2D eigenvalue weighted by Gasteiger charge is 2.30. The number of aryl methyl sites for hydroxylation is 1. The highest BCUT2D eigenvalue weighted by molar-refractivity contribution is 6.30. The van der Waals surface area contributed by atoms with Crippen molar-refractivity contribution in [3.8, 4) is 5.75 Å². The van der Waals surface area contributed by atoms with Crippen LogP contribution in [0.3, 0.4) is 0 Å². The summed E-state index contributed by atoms with van der Waals surface area (Å²) in [5.74, 6) is 0.377. The quantitative estimate of drug-likeness (QED) is 0.234. The molecule has 0 bridgehead atoms. The Hall–Kier alpha value is -2.31. The van der Waals surface area contributed by atoms with Gasteiger partial charge in [0.25, 0.3) is 0 Å². The van der Waals surface area contributed by atoms with Crippen LogP contribution in [0.25, 0.3) is 0 Å². The monoisotopic (exact) mass is 522 g/mol. The SMILES string of the molecule is Cc1ncc2c(c1OC(=O)OCCCCCONN(O)N(C)C(C)(C)C)CO[C@H]2c1ccc(Cl)cc1. The van der Waals surface area contributed by atoms with Gasteiger partial charge in [0.2, 0.25) is 0 Å². The zero-order valence-electron chi connectivity index (χ0n) is 21.4. The summed E-state index contributed by atoms with van der Waals surface area (Å²) in [7, 11) is 1.74. The third-order valence-corrected chi connectivity index (χ3v) is 6.15. The van der Waals surface area contributed by atoms with Crippen molar-refractivity contribution >= 4 is 17.8 Å². The van der Waals surface area contributed by atoms with Crippen molar-refractivity contribution in [2.75, 3.05) is 20.3 Å². The second-order valence-electron chi connectivity index (χ2n) is 9.53. The number of pyridine rings is 1. The molecule has 0 amide bonds. The van der Waals surface area contributed by atoms with Crippen molar-refractivity contribution in [2.24, 2.45) is 0 Å². The predicted molar refractivity (Wildman–Crippen MR) is 133 cm³/mol. The summed E-state index contributed by atoms with van der Waals surface area (Å²) in [6.07, 6.45) is 2.82. The number of hydrogen-bond acceptors (Lipinski definition) is 10. The lowest BCUT2D eigenvalue weighted by Gasteiger charge is -2.36. The Bertz CT molecular complexity index is 1010. The van der Waals surface area contributed by atoms with Crippen LogP contribution in [0.5, 0.6) is 5.75 Å². The van der Waals surface area contributed by atoms with Crippen LogP contribution in [0, 0.1) is 6.92 Å². The largest absolute Gasteiger partial charge is 0.513 e. The van der Waals surface area contributed by atoms with E-state index in [-0.39, 0.29) is 18.2 Å². The number of carbonyl (C=O) groups excluding carboxylic acids is 1. The van der Waals surface area contributed by atoms with Gasteiger partial charge in [-0.2, -0.15) is 5.01 Å². The van der Waals surface area contributed by atoms with Crippen LogP contribution in [0.4, 0.5) is 4.79 Å². The molecule has 2 aromatic rings. The average Bonchev–Trinajstić information content (AvgIpc) is 3.26. The minimum Gasteiger partial charge on any atom is -0.434 e. The Morgan fingerprint density at radius 1 is 1.22 bits per heavy atom. The van der Waals surface area contributed by atoms with Gasteiger partial charge in [-0.15, -0.1) is 0 Å². The average molecular weight is 523 g/mol. The summed E-state index contributed by atoms with van der Waals surface area (Å²) in [4.78, 5) is 21.9. The highest BCUT2D eigenvalue weighted by atomic mass is 35.5. The standard InChI is InChI=1S/C25H35ClN4O6/c1-17-22(21-16-34-23(20(21)15-27-17)18-9-11-19(26)12-10-18)36-24(31)33-13-7-6-8-14-35-28-30(32)29(5)25(2,3)4/h9-12,15,23,28,32H,6-8,13-14,16H2,1-5H3/t23-/m0/s1. The van der Waals surface area contributed by atoms with Gasteiger partial charge >= 0.3 is 6.16 Å². The zero-order chi connectivity index (χ0) is 26.3. The van der Waals surface area contributed by atoms with Crippen LogP contribution in [0.2, 0.25) is 5.02 Å². The van der Waals surface area contributed by atoms with Gasteiger partial charge in [-0.05, 0) is 69.9 Å². The lowest BCUT2D eigenvalue weighted by atomic mass is 10.0. The molecule has 36 heavy (non-hydrogen) atoms. The minimum absolute atomic E-state index is 0.219. The molecule has 0 unspecified atom stereocenters. The zero-order valence-corrected chi connectivity index (χ0v) is 22.2. The molecule has 0 aliphatic carbocycles. The molecule has 11 heteroatoms. The van der Waals surface area contributed by atoms with Gasteiger partial charge in [0, 0.05) is 34.9 Å². The molecule has 0 radical (unpaired) electrons. The van der Waals surface area contributed by atoms with Crippen molar-refractivity contribution in [3.63, 3.8) is 0 Å². The van der Waals surface area contributed by atoms with Crippen molar-refractivity contribution < 1.29 is 29.0 Å². The molecule has 198 valence electrons. The number of halogens is 1. The van der Waals surface area contributed by atoms with Gasteiger partial charge in [0.15, 0.2) is 5.75 Å². The first kappa shape index (κ1) is 28.3. The second-order valence-corrected chi connectivity index (χ2v) is 9.97. The van der Waals surface area contributed by atoms with Crippen molar-refractivity contribution in [3.05, 3.63) is 57.9 Å². The summed E-state index contributed by atoms with van der Waals surface area (Å²) in [6, 6.07) is 7.43. The fourth-order valence-corrected chi connectivity index (χ4v) is 3.63. The van der Waals surface area contributed by atoms with Crippen molar-refractivity contribution in [2.45, 2.75) is 65.2 Å². The maximum absolute atomic E-state index is 12.3. The molecule has 0 fully saturated rings. The Morgan fingerprint density at radius 2 is 1.92 bits per heavy atom. The van der Waals surface area contributed by atoms with E-state index >= 15 is 0 Å². The van der Waals surface area contributed by atoms with E-state index in [9.17, 15) is 10.0 Å². The van der Waals surface area contributed by atoms with Crippen LogP contribution in [0.15, 0.2) is 30.5 Å². The fraction of sp³-hybridized carbons (Fsp3) is 0.520. The minimum atomic E-state index is -0.776. The van der Waals surface area contributed by atoms with Crippen molar-refractivity contribution in [1.29, 1.82) is 0 Å². The number of hydrogen-bond donors (Lipinski definition) is 2.